The molecule has 5 nitrogen and oxygen atoms in total. The Morgan fingerprint density at radius 2 is 1.68 bits per heavy atom. The molecule has 0 unspecified atom stereocenters. The third kappa shape index (κ3) is 3.40. The molecule has 4 N–H and O–H groups in total. The van der Waals surface area contributed by atoms with Crippen molar-refractivity contribution in [2.24, 2.45) is 0 Å². The highest BCUT2D eigenvalue weighted by Crippen LogP contribution is 2.40. The average Bonchev–Trinajstić information content (AvgIpc) is 2.62. The number of phenols is 2. The Hall–Kier alpha value is -3.80. The van der Waals surface area contributed by atoms with Crippen molar-refractivity contribution < 1.29 is 27.8 Å². The molecule has 3 aromatic rings. The van der Waals surface area contributed by atoms with Gasteiger partial charge in [-0.2, -0.15) is 18.4 Å². The Bertz CT molecular complexity index is 1120. The van der Waals surface area contributed by atoms with Crippen LogP contribution in [-0.2, 0) is 6.18 Å². The van der Waals surface area contributed by atoms with Gasteiger partial charge < -0.3 is 15.9 Å². The number of nitrogens with zero attached hydrogens (tertiary/aromatic N) is 2. The normalized spacial score (nSPS) is 11.2. The van der Waals surface area contributed by atoms with Gasteiger partial charge in [-0.05, 0) is 42.0 Å². The van der Waals surface area contributed by atoms with Crippen LogP contribution in [0.1, 0.15) is 11.1 Å². The van der Waals surface area contributed by atoms with E-state index in [9.17, 15) is 33.0 Å². The van der Waals surface area contributed by atoms with Gasteiger partial charge in [0, 0.05) is 11.1 Å². The Morgan fingerprint density at radius 1 is 0.964 bits per heavy atom. The molecule has 28 heavy (non-hydrogen) atoms. The van der Waals surface area contributed by atoms with Gasteiger partial charge in [0.2, 0.25) is 0 Å². The molecule has 142 valence electrons. The van der Waals surface area contributed by atoms with Crippen LogP contribution in [0.4, 0.5) is 23.4 Å². The zero-order chi connectivity index (χ0) is 20.6. The maximum Gasteiger partial charge on any atom is 0.417 e. The number of nitrogen functional groups attached to an aromatic ring is 1. The van der Waals surface area contributed by atoms with Crippen LogP contribution >= 0.6 is 0 Å². The van der Waals surface area contributed by atoms with E-state index in [1.165, 1.54) is 12.1 Å². The standard InChI is InChI=1S/C19H11F4N3O2/c20-10-2-3-11(14(6-10)19(21,22)23)15-7-12(13(8-24)18(25)26-15)9-1-4-16(27)17(28)5-9/h1-7,27-28H,(H2,25,26). The molecule has 2 aromatic carbocycles. The van der Waals surface area contributed by atoms with E-state index in [2.05, 4.69) is 4.98 Å². The molecule has 0 saturated carbocycles. The largest absolute Gasteiger partial charge is 0.504 e. The molecule has 9 heteroatoms. The lowest BCUT2D eigenvalue weighted by atomic mass is 9.96. The quantitative estimate of drug-likeness (QED) is 0.444. The molecule has 0 spiro atoms. The average molecular weight is 389 g/mol. The Kier molecular flexibility index (Phi) is 4.56. The summed E-state index contributed by atoms with van der Waals surface area (Å²) < 4.78 is 53.4. The van der Waals surface area contributed by atoms with E-state index in [4.69, 9.17) is 5.73 Å². The number of rotatable bonds is 2. The van der Waals surface area contributed by atoms with Crippen LogP contribution in [0.5, 0.6) is 11.5 Å². The highest BCUT2D eigenvalue weighted by atomic mass is 19.4. The molecule has 1 aromatic heterocycles. The fraction of sp³-hybridized carbons (Fsp3) is 0.0526. The summed E-state index contributed by atoms with van der Waals surface area (Å²) in [6.45, 7) is 0. The summed E-state index contributed by atoms with van der Waals surface area (Å²) in [4.78, 5) is 3.87. The van der Waals surface area contributed by atoms with Crippen LogP contribution in [0, 0.1) is 17.1 Å². The van der Waals surface area contributed by atoms with Crippen molar-refractivity contribution in [3.05, 3.63) is 59.4 Å². The zero-order valence-electron chi connectivity index (χ0n) is 13.9. The van der Waals surface area contributed by atoms with E-state index >= 15 is 0 Å². The number of hydrogen-bond donors (Lipinski definition) is 3. The van der Waals surface area contributed by atoms with Crippen LogP contribution in [0.15, 0.2) is 42.5 Å². The van der Waals surface area contributed by atoms with Gasteiger partial charge in [-0.3, -0.25) is 0 Å². The maximum atomic E-state index is 13.4. The minimum Gasteiger partial charge on any atom is -0.504 e. The zero-order valence-corrected chi connectivity index (χ0v) is 13.9. The van der Waals surface area contributed by atoms with Crippen LogP contribution in [0.25, 0.3) is 22.4 Å². The number of alkyl halides is 3. The second-order valence-corrected chi connectivity index (χ2v) is 5.82. The first-order valence-corrected chi connectivity index (χ1v) is 7.72. The van der Waals surface area contributed by atoms with Crippen molar-refractivity contribution in [3.8, 4) is 40.0 Å². The Labute approximate surface area is 155 Å². The maximum absolute atomic E-state index is 13.4. The number of halogens is 4. The highest BCUT2D eigenvalue weighted by molar-refractivity contribution is 5.81. The molecule has 3 rings (SSSR count). The smallest absolute Gasteiger partial charge is 0.417 e. The van der Waals surface area contributed by atoms with Gasteiger partial charge >= 0.3 is 6.18 Å². The Balaban J connectivity index is 2.30. The summed E-state index contributed by atoms with van der Waals surface area (Å²) in [6, 6.07) is 8.75. The van der Waals surface area contributed by atoms with Gasteiger partial charge in [0.25, 0.3) is 0 Å². The third-order valence-electron chi connectivity index (χ3n) is 4.01. The van der Waals surface area contributed by atoms with E-state index in [1.54, 1.807) is 0 Å². The van der Waals surface area contributed by atoms with Crippen molar-refractivity contribution in [1.82, 2.24) is 4.98 Å². The number of benzene rings is 2. The molecule has 0 bridgehead atoms. The monoisotopic (exact) mass is 389 g/mol. The summed E-state index contributed by atoms with van der Waals surface area (Å²) >= 11 is 0. The number of anilines is 1. The van der Waals surface area contributed by atoms with Gasteiger partial charge in [0.05, 0.1) is 11.3 Å². The molecular weight excluding hydrogens is 378 g/mol. The molecular formula is C19H11F4N3O2. The lowest BCUT2D eigenvalue weighted by Gasteiger charge is -2.15. The van der Waals surface area contributed by atoms with Crippen molar-refractivity contribution in [1.29, 1.82) is 5.26 Å². The third-order valence-corrected chi connectivity index (χ3v) is 4.01. The van der Waals surface area contributed by atoms with Gasteiger partial charge in [-0.1, -0.05) is 6.07 Å². The summed E-state index contributed by atoms with van der Waals surface area (Å²) in [5.74, 6) is -2.31. The second kappa shape index (κ2) is 6.74. The molecule has 0 aliphatic carbocycles. The molecule has 1 heterocycles. The predicted molar refractivity (Wildman–Crippen MR) is 92.5 cm³/mol. The van der Waals surface area contributed by atoms with Crippen molar-refractivity contribution in [2.45, 2.75) is 6.18 Å². The van der Waals surface area contributed by atoms with E-state index in [1.807, 2.05) is 6.07 Å². The lowest BCUT2D eigenvalue weighted by Crippen LogP contribution is -2.09. The van der Waals surface area contributed by atoms with Crippen LogP contribution < -0.4 is 5.73 Å². The lowest BCUT2D eigenvalue weighted by molar-refractivity contribution is -0.137. The SMILES string of the molecule is N#Cc1c(-c2ccc(O)c(O)c2)cc(-c2ccc(F)cc2C(F)(F)F)nc1N. The minimum absolute atomic E-state index is 0.0951. The predicted octanol–water partition coefficient (Wildman–Crippen LogP) is 4.44. The number of aromatic hydroxyl groups is 2. The highest BCUT2D eigenvalue weighted by Gasteiger charge is 2.34. The number of nitrogens with two attached hydrogens (primary N) is 1. The fourth-order valence-corrected chi connectivity index (χ4v) is 2.71. The summed E-state index contributed by atoms with van der Waals surface area (Å²) in [6.07, 6.45) is -4.85. The molecule has 0 saturated heterocycles. The fourth-order valence-electron chi connectivity index (χ4n) is 2.71. The Morgan fingerprint density at radius 3 is 2.29 bits per heavy atom. The van der Waals surface area contributed by atoms with Gasteiger partial charge in [0.15, 0.2) is 11.5 Å². The van der Waals surface area contributed by atoms with Crippen LogP contribution in [0.2, 0.25) is 0 Å². The molecule has 0 aliphatic rings. The first-order chi connectivity index (χ1) is 13.1. The van der Waals surface area contributed by atoms with Crippen LogP contribution in [-0.4, -0.2) is 15.2 Å². The van der Waals surface area contributed by atoms with Crippen molar-refractivity contribution >= 4 is 5.82 Å². The van der Waals surface area contributed by atoms with E-state index in [0.717, 1.165) is 24.3 Å². The van der Waals surface area contributed by atoms with Gasteiger partial charge in [0.1, 0.15) is 23.3 Å². The minimum atomic E-state index is -4.85. The van der Waals surface area contributed by atoms with E-state index in [-0.39, 0.29) is 28.2 Å². The second-order valence-electron chi connectivity index (χ2n) is 5.82. The first-order valence-electron chi connectivity index (χ1n) is 7.72. The number of nitriles is 1. The number of pyridine rings is 1. The summed E-state index contributed by atoms with van der Waals surface area (Å²) in [7, 11) is 0. The molecule has 0 atom stereocenters. The first kappa shape index (κ1) is 19.0. The van der Waals surface area contributed by atoms with E-state index < -0.39 is 34.6 Å². The topological polar surface area (TPSA) is 103 Å². The number of aromatic nitrogens is 1. The van der Waals surface area contributed by atoms with Gasteiger partial charge in [-0.25, -0.2) is 9.37 Å². The van der Waals surface area contributed by atoms with Crippen molar-refractivity contribution in [3.63, 3.8) is 0 Å². The van der Waals surface area contributed by atoms with Crippen LogP contribution in [0.3, 0.4) is 0 Å². The number of hydrogen-bond acceptors (Lipinski definition) is 5. The number of phenolic OH excluding ortho intramolecular Hbond substituents is 2. The van der Waals surface area contributed by atoms with E-state index in [0.29, 0.717) is 6.07 Å². The van der Waals surface area contributed by atoms with Crippen molar-refractivity contribution in [2.75, 3.05) is 5.73 Å². The molecule has 0 fully saturated rings. The molecule has 0 aliphatic heterocycles. The molecule has 0 radical (unpaired) electrons. The summed E-state index contributed by atoms with van der Waals surface area (Å²) in [5.41, 5.74) is 4.06. The van der Waals surface area contributed by atoms with Gasteiger partial charge in [-0.15, -0.1) is 0 Å². The summed E-state index contributed by atoms with van der Waals surface area (Å²) in [5, 5.41) is 28.5. The molecule has 0 amide bonds.